The molecule has 0 amide bonds. The molecule has 46 heavy (non-hydrogen) atoms. The summed E-state index contributed by atoms with van der Waals surface area (Å²) >= 11 is 0. The second-order valence-corrected chi connectivity index (χ2v) is 11.0. The molecule has 0 saturated heterocycles. The van der Waals surface area contributed by atoms with Crippen LogP contribution in [0.5, 0.6) is 5.75 Å². The first-order chi connectivity index (χ1) is 20.1. The van der Waals surface area contributed by atoms with Crippen LogP contribution in [-0.2, 0) is 11.0 Å². The van der Waals surface area contributed by atoms with Crippen molar-refractivity contribution in [3.63, 3.8) is 0 Å². The molecule has 4 nitrogen and oxygen atoms in total. The number of phenols is 1. The van der Waals surface area contributed by atoms with E-state index in [1.807, 2.05) is 0 Å². The Labute approximate surface area is 249 Å². The molecular formula is C27H23F15O4. The van der Waals surface area contributed by atoms with Gasteiger partial charge in [-0.3, -0.25) is 0 Å². The fourth-order valence-corrected chi connectivity index (χ4v) is 4.18. The first kappa shape index (κ1) is 39.0. The zero-order chi connectivity index (χ0) is 36.3. The van der Waals surface area contributed by atoms with E-state index in [1.165, 1.54) is 13.8 Å². The van der Waals surface area contributed by atoms with Gasteiger partial charge in [-0.1, -0.05) is 44.2 Å². The lowest BCUT2D eigenvalue weighted by Crippen LogP contribution is -2.58. The highest BCUT2D eigenvalue weighted by Gasteiger charge is 2.72. The number of hydrogen-bond donors (Lipinski definition) is 4. The van der Waals surface area contributed by atoms with Crippen LogP contribution in [0, 0.1) is 0 Å². The number of alkyl halides is 15. The molecule has 0 heterocycles. The third-order valence-electron chi connectivity index (χ3n) is 7.40. The monoisotopic (exact) mass is 696 g/mol. The molecule has 0 aliphatic heterocycles. The molecule has 260 valence electrons. The number of hydrogen-bond acceptors (Lipinski definition) is 4. The van der Waals surface area contributed by atoms with Crippen molar-refractivity contribution < 1.29 is 86.3 Å². The molecule has 19 heteroatoms. The van der Waals surface area contributed by atoms with Crippen LogP contribution in [0.3, 0.4) is 0 Å². The van der Waals surface area contributed by atoms with Gasteiger partial charge in [-0.15, -0.1) is 0 Å². The Kier molecular flexibility index (Phi) is 9.75. The topological polar surface area (TPSA) is 80.9 Å². The van der Waals surface area contributed by atoms with Gasteiger partial charge >= 0.3 is 30.9 Å². The van der Waals surface area contributed by atoms with Crippen LogP contribution in [0.1, 0.15) is 49.4 Å². The van der Waals surface area contributed by atoms with Crippen molar-refractivity contribution in [2.45, 2.75) is 80.3 Å². The number of aliphatic hydroxyl groups is 3. The summed E-state index contributed by atoms with van der Waals surface area (Å²) in [4.78, 5) is 0. The van der Waals surface area contributed by atoms with Crippen molar-refractivity contribution in [3.8, 4) is 5.75 Å². The smallest absolute Gasteiger partial charge is 0.430 e. The van der Waals surface area contributed by atoms with Crippen LogP contribution in [0.25, 0.3) is 5.57 Å². The van der Waals surface area contributed by atoms with Crippen LogP contribution in [0.15, 0.2) is 48.5 Å². The molecule has 0 saturated carbocycles. The summed E-state index contributed by atoms with van der Waals surface area (Å²) in [5, 5.41) is 39.1. The lowest BCUT2D eigenvalue weighted by Gasteiger charge is -2.35. The van der Waals surface area contributed by atoms with E-state index in [0.29, 0.717) is 25.1 Å². The van der Waals surface area contributed by atoms with Crippen LogP contribution in [0.2, 0.25) is 0 Å². The highest BCUT2D eigenvalue weighted by atomic mass is 19.4. The van der Waals surface area contributed by atoms with Gasteiger partial charge in [0.2, 0.25) is 0 Å². The fraction of sp³-hybridized carbons (Fsp3) is 0.481. The standard InChI is InChI=1S/C27H23F15O4/c1-19(2,16-8-9-18(43)17(10-16)20(3,44)23(28,29)30)15-6-4-13(5-7-15)14(11-21(45,24(31,32)33)25(34,35)36)12-22(46,26(37,38)39)27(40,41)42/h4-11,43-46H,12H2,1-3H3/b14-11+. The minimum atomic E-state index is -6.73. The molecule has 4 N–H and O–H groups in total. The van der Waals surface area contributed by atoms with E-state index in [2.05, 4.69) is 0 Å². The molecule has 2 aromatic carbocycles. The number of phenolic OH excluding ortho intramolecular Hbond substituents is 1. The number of rotatable bonds is 7. The van der Waals surface area contributed by atoms with E-state index in [1.54, 1.807) is 0 Å². The second-order valence-electron chi connectivity index (χ2n) is 11.0. The van der Waals surface area contributed by atoms with Crippen LogP contribution in [0.4, 0.5) is 65.9 Å². The molecular weight excluding hydrogens is 673 g/mol. The summed E-state index contributed by atoms with van der Waals surface area (Å²) < 4.78 is 201. The molecule has 2 aromatic rings. The normalized spacial score (nSPS) is 16.4. The Morgan fingerprint density at radius 2 is 1.00 bits per heavy atom. The minimum absolute atomic E-state index is 0.0947. The van der Waals surface area contributed by atoms with Crippen LogP contribution in [-0.4, -0.2) is 62.5 Å². The van der Waals surface area contributed by atoms with Crippen molar-refractivity contribution in [1.82, 2.24) is 0 Å². The molecule has 0 aromatic heterocycles. The Morgan fingerprint density at radius 1 is 0.587 bits per heavy atom. The zero-order valence-electron chi connectivity index (χ0n) is 23.3. The third kappa shape index (κ3) is 6.90. The first-order valence-electron chi connectivity index (χ1n) is 12.3. The van der Waals surface area contributed by atoms with Gasteiger partial charge in [0.05, 0.1) is 0 Å². The molecule has 1 atom stereocenters. The maximum absolute atomic E-state index is 13.4. The SMILES string of the molecule is CC(C)(c1ccc(/C(=C/C(O)(C(F)(F)F)C(F)(F)F)CC(O)(C(F)(F)F)C(F)(F)F)cc1)c1ccc(O)c(C(C)(O)C(F)(F)F)c1. The summed E-state index contributed by atoms with van der Waals surface area (Å²) in [6.07, 6.45) is -36.5. The Bertz CT molecular complexity index is 1400. The average molecular weight is 696 g/mol. The molecule has 1 unspecified atom stereocenters. The molecule has 0 fully saturated rings. The first-order valence-corrected chi connectivity index (χ1v) is 12.3. The summed E-state index contributed by atoms with van der Waals surface area (Å²) in [5.41, 5.74) is -21.6. The summed E-state index contributed by atoms with van der Waals surface area (Å²) in [6.45, 7) is 2.86. The number of halogens is 15. The quantitative estimate of drug-likeness (QED) is 0.222. The van der Waals surface area contributed by atoms with Gasteiger partial charge in [-0.05, 0) is 47.4 Å². The molecule has 0 spiro atoms. The molecule has 0 radical (unpaired) electrons. The largest absolute Gasteiger partial charge is 0.508 e. The van der Waals surface area contributed by atoms with Crippen molar-refractivity contribution >= 4 is 5.57 Å². The summed E-state index contributed by atoms with van der Waals surface area (Å²) in [5.74, 6) is -1.00. The van der Waals surface area contributed by atoms with Crippen LogP contribution < -0.4 is 0 Å². The lowest BCUT2D eigenvalue weighted by molar-refractivity contribution is -0.366. The van der Waals surface area contributed by atoms with Gasteiger partial charge in [-0.2, -0.15) is 65.9 Å². The Balaban J connectivity index is 2.82. The van der Waals surface area contributed by atoms with E-state index in [0.717, 1.165) is 24.3 Å². The molecule has 0 aliphatic carbocycles. The second kappa shape index (κ2) is 11.5. The van der Waals surface area contributed by atoms with Gasteiger partial charge in [0.1, 0.15) is 5.75 Å². The van der Waals surface area contributed by atoms with Gasteiger partial charge in [0.15, 0.2) is 5.60 Å². The minimum Gasteiger partial charge on any atom is -0.508 e. The average Bonchev–Trinajstić information content (AvgIpc) is 2.84. The predicted octanol–water partition coefficient (Wildman–Crippen LogP) is 7.97. The van der Waals surface area contributed by atoms with E-state index in [4.69, 9.17) is 0 Å². The van der Waals surface area contributed by atoms with Crippen molar-refractivity contribution in [1.29, 1.82) is 0 Å². The van der Waals surface area contributed by atoms with Gasteiger partial charge in [0.25, 0.3) is 11.2 Å². The third-order valence-corrected chi connectivity index (χ3v) is 7.40. The summed E-state index contributed by atoms with van der Waals surface area (Å²) in [6, 6.07) is 4.99. The van der Waals surface area contributed by atoms with E-state index >= 15 is 0 Å². The van der Waals surface area contributed by atoms with Crippen LogP contribution >= 0.6 is 0 Å². The van der Waals surface area contributed by atoms with Crippen molar-refractivity contribution in [3.05, 3.63) is 70.8 Å². The van der Waals surface area contributed by atoms with Crippen molar-refractivity contribution in [2.75, 3.05) is 0 Å². The van der Waals surface area contributed by atoms with Gasteiger partial charge in [-0.25, -0.2) is 0 Å². The van der Waals surface area contributed by atoms with Gasteiger partial charge in [0, 0.05) is 17.4 Å². The predicted molar refractivity (Wildman–Crippen MR) is 129 cm³/mol. The van der Waals surface area contributed by atoms with E-state index < -0.39 is 88.0 Å². The van der Waals surface area contributed by atoms with Crippen molar-refractivity contribution in [2.24, 2.45) is 0 Å². The zero-order valence-corrected chi connectivity index (χ0v) is 23.3. The highest BCUT2D eigenvalue weighted by Crippen LogP contribution is 2.51. The lowest BCUT2D eigenvalue weighted by atomic mass is 9.76. The molecule has 0 bridgehead atoms. The number of aromatic hydroxyl groups is 1. The fourth-order valence-electron chi connectivity index (χ4n) is 4.18. The maximum Gasteiger partial charge on any atom is 0.430 e. The van der Waals surface area contributed by atoms with E-state index in [9.17, 15) is 86.3 Å². The summed E-state index contributed by atoms with van der Waals surface area (Å²) in [7, 11) is 0. The Morgan fingerprint density at radius 3 is 1.37 bits per heavy atom. The van der Waals surface area contributed by atoms with Gasteiger partial charge < -0.3 is 20.4 Å². The Hall–Kier alpha value is -3.19. The maximum atomic E-state index is 13.4. The van der Waals surface area contributed by atoms with E-state index in [-0.39, 0.29) is 11.1 Å². The molecule has 0 aliphatic rings. The highest BCUT2D eigenvalue weighted by molar-refractivity contribution is 5.69. The number of benzene rings is 2. The molecule has 2 rings (SSSR count).